The molecule has 0 radical (unpaired) electrons. The van der Waals surface area contributed by atoms with E-state index in [2.05, 4.69) is 27.4 Å². The number of carbonyl (C=O) groups is 1. The number of hydrogen-bond donors (Lipinski definition) is 1. The van der Waals surface area contributed by atoms with E-state index in [0.29, 0.717) is 5.56 Å². The molecule has 6 nitrogen and oxygen atoms in total. The number of rotatable bonds is 5. The zero-order valence-corrected chi connectivity index (χ0v) is 16.0. The van der Waals surface area contributed by atoms with Crippen LogP contribution in [0, 0.1) is 6.92 Å². The zero-order chi connectivity index (χ0) is 19.3. The Morgan fingerprint density at radius 1 is 1.07 bits per heavy atom. The molecule has 1 fully saturated rings. The Kier molecular flexibility index (Phi) is 5.50. The van der Waals surface area contributed by atoms with Crippen LogP contribution in [0.3, 0.4) is 0 Å². The highest BCUT2D eigenvalue weighted by Gasteiger charge is 2.15. The zero-order valence-electron chi connectivity index (χ0n) is 16.0. The normalized spacial score (nSPS) is 14.8. The van der Waals surface area contributed by atoms with E-state index in [1.807, 2.05) is 49.4 Å². The molecule has 0 atom stereocenters. The molecule has 1 aliphatic heterocycles. The van der Waals surface area contributed by atoms with Gasteiger partial charge in [0.05, 0.1) is 36.4 Å². The molecule has 0 bridgehead atoms. The standard InChI is InChI=1S/C22H24N4O2/c1-17-21(15-23-26(17)20-5-3-2-4-6-20)22(27)24-19-9-7-18(8-10-19)16-25-11-13-28-14-12-25/h2-10,15H,11-14,16H2,1H3,(H,24,27). The van der Waals surface area contributed by atoms with Gasteiger partial charge in [-0.25, -0.2) is 4.68 Å². The van der Waals surface area contributed by atoms with E-state index in [1.54, 1.807) is 10.9 Å². The van der Waals surface area contributed by atoms with Crippen molar-refractivity contribution in [2.75, 3.05) is 31.6 Å². The Balaban J connectivity index is 1.42. The second kappa shape index (κ2) is 8.37. The summed E-state index contributed by atoms with van der Waals surface area (Å²) in [5.41, 5.74) is 4.33. The number of nitrogens with one attached hydrogen (secondary N) is 1. The van der Waals surface area contributed by atoms with Crippen LogP contribution in [0.4, 0.5) is 5.69 Å². The van der Waals surface area contributed by atoms with Gasteiger partial charge in [0.25, 0.3) is 5.91 Å². The van der Waals surface area contributed by atoms with Crippen LogP contribution in [0.2, 0.25) is 0 Å². The lowest BCUT2D eigenvalue weighted by Gasteiger charge is -2.26. The Hall–Kier alpha value is -2.96. The van der Waals surface area contributed by atoms with Gasteiger partial charge in [-0.15, -0.1) is 0 Å². The number of anilines is 1. The molecule has 1 N–H and O–H groups in total. The van der Waals surface area contributed by atoms with Crippen molar-refractivity contribution in [2.24, 2.45) is 0 Å². The summed E-state index contributed by atoms with van der Waals surface area (Å²) in [6.07, 6.45) is 1.62. The van der Waals surface area contributed by atoms with Crippen molar-refractivity contribution < 1.29 is 9.53 Å². The predicted molar refractivity (Wildman–Crippen MR) is 109 cm³/mol. The van der Waals surface area contributed by atoms with Gasteiger partial charge in [0.2, 0.25) is 0 Å². The molecule has 1 aliphatic rings. The first-order valence-corrected chi connectivity index (χ1v) is 9.51. The fourth-order valence-corrected chi connectivity index (χ4v) is 3.37. The van der Waals surface area contributed by atoms with E-state index in [9.17, 15) is 4.79 Å². The van der Waals surface area contributed by atoms with E-state index in [1.165, 1.54) is 5.56 Å². The summed E-state index contributed by atoms with van der Waals surface area (Å²) in [4.78, 5) is 15.1. The average molecular weight is 376 g/mol. The highest BCUT2D eigenvalue weighted by atomic mass is 16.5. The van der Waals surface area contributed by atoms with Gasteiger partial charge in [0.15, 0.2) is 0 Å². The van der Waals surface area contributed by atoms with Crippen LogP contribution in [-0.4, -0.2) is 46.9 Å². The van der Waals surface area contributed by atoms with Crippen LogP contribution in [0.15, 0.2) is 60.8 Å². The number of carbonyl (C=O) groups excluding carboxylic acids is 1. The molecule has 3 aromatic rings. The quantitative estimate of drug-likeness (QED) is 0.743. The Morgan fingerprint density at radius 3 is 2.50 bits per heavy atom. The molecule has 144 valence electrons. The molecule has 0 unspecified atom stereocenters. The number of benzene rings is 2. The first-order chi connectivity index (χ1) is 13.7. The van der Waals surface area contributed by atoms with Crippen molar-refractivity contribution in [1.29, 1.82) is 0 Å². The number of morpholine rings is 1. The van der Waals surface area contributed by atoms with E-state index in [0.717, 1.165) is 49.9 Å². The van der Waals surface area contributed by atoms with Crippen LogP contribution in [0.25, 0.3) is 5.69 Å². The fourth-order valence-electron chi connectivity index (χ4n) is 3.37. The maximum absolute atomic E-state index is 12.7. The van der Waals surface area contributed by atoms with Gasteiger partial charge in [-0.1, -0.05) is 30.3 Å². The number of aromatic nitrogens is 2. The lowest BCUT2D eigenvalue weighted by atomic mass is 10.1. The smallest absolute Gasteiger partial charge is 0.259 e. The lowest BCUT2D eigenvalue weighted by Crippen LogP contribution is -2.35. The topological polar surface area (TPSA) is 59.4 Å². The molecule has 1 amide bonds. The number of nitrogens with zero attached hydrogens (tertiary/aromatic N) is 3. The van der Waals surface area contributed by atoms with E-state index in [4.69, 9.17) is 4.74 Å². The third-order valence-corrected chi connectivity index (χ3v) is 4.98. The largest absolute Gasteiger partial charge is 0.379 e. The summed E-state index contributed by atoms with van der Waals surface area (Å²) >= 11 is 0. The third-order valence-electron chi connectivity index (χ3n) is 4.98. The highest BCUT2D eigenvalue weighted by Crippen LogP contribution is 2.17. The van der Waals surface area contributed by atoms with Crippen molar-refractivity contribution in [3.05, 3.63) is 77.6 Å². The number of para-hydroxylation sites is 1. The van der Waals surface area contributed by atoms with E-state index >= 15 is 0 Å². The fraction of sp³-hybridized carbons (Fsp3) is 0.273. The molecular formula is C22H24N4O2. The van der Waals surface area contributed by atoms with Gasteiger partial charge in [-0.3, -0.25) is 9.69 Å². The molecule has 2 aromatic carbocycles. The highest BCUT2D eigenvalue weighted by molar-refractivity contribution is 6.04. The second-order valence-corrected chi connectivity index (χ2v) is 6.93. The molecule has 1 saturated heterocycles. The Labute approximate surface area is 164 Å². The average Bonchev–Trinajstić information content (AvgIpc) is 3.12. The van der Waals surface area contributed by atoms with Crippen LogP contribution in [0.1, 0.15) is 21.6 Å². The summed E-state index contributed by atoms with van der Waals surface area (Å²) in [5, 5.41) is 7.34. The number of hydrogen-bond acceptors (Lipinski definition) is 4. The molecule has 0 spiro atoms. The molecular weight excluding hydrogens is 352 g/mol. The van der Waals surface area contributed by atoms with Crippen LogP contribution in [-0.2, 0) is 11.3 Å². The molecule has 2 heterocycles. The maximum Gasteiger partial charge on any atom is 0.259 e. The predicted octanol–water partition coefficient (Wildman–Crippen LogP) is 3.27. The van der Waals surface area contributed by atoms with Gasteiger partial charge in [0.1, 0.15) is 0 Å². The molecule has 0 saturated carbocycles. The van der Waals surface area contributed by atoms with Gasteiger partial charge in [-0.2, -0.15) is 5.10 Å². The van der Waals surface area contributed by atoms with Gasteiger partial charge in [-0.05, 0) is 36.8 Å². The Bertz CT molecular complexity index is 929. The SMILES string of the molecule is Cc1c(C(=O)Nc2ccc(CN3CCOCC3)cc2)cnn1-c1ccccc1. The molecule has 28 heavy (non-hydrogen) atoms. The van der Waals surface area contributed by atoms with Gasteiger partial charge in [0, 0.05) is 25.3 Å². The molecule has 6 heteroatoms. The van der Waals surface area contributed by atoms with Crippen molar-refractivity contribution >= 4 is 11.6 Å². The van der Waals surface area contributed by atoms with Crippen LogP contribution >= 0.6 is 0 Å². The minimum Gasteiger partial charge on any atom is -0.379 e. The minimum absolute atomic E-state index is 0.152. The van der Waals surface area contributed by atoms with Crippen molar-refractivity contribution in [3.8, 4) is 5.69 Å². The van der Waals surface area contributed by atoms with Crippen molar-refractivity contribution in [2.45, 2.75) is 13.5 Å². The van der Waals surface area contributed by atoms with Crippen molar-refractivity contribution in [1.82, 2.24) is 14.7 Å². The van der Waals surface area contributed by atoms with E-state index in [-0.39, 0.29) is 5.91 Å². The molecule has 0 aliphatic carbocycles. The van der Waals surface area contributed by atoms with Gasteiger partial charge < -0.3 is 10.1 Å². The summed E-state index contributed by atoms with van der Waals surface area (Å²) in [5.74, 6) is -0.152. The van der Waals surface area contributed by atoms with Gasteiger partial charge >= 0.3 is 0 Å². The number of ether oxygens (including phenoxy) is 1. The van der Waals surface area contributed by atoms with Crippen LogP contribution < -0.4 is 5.32 Å². The minimum atomic E-state index is -0.152. The summed E-state index contributed by atoms with van der Waals surface area (Å²) < 4.78 is 7.16. The summed E-state index contributed by atoms with van der Waals surface area (Å²) in [6.45, 7) is 6.32. The first kappa shape index (κ1) is 18.4. The second-order valence-electron chi connectivity index (χ2n) is 6.93. The summed E-state index contributed by atoms with van der Waals surface area (Å²) in [7, 11) is 0. The Morgan fingerprint density at radius 2 is 1.79 bits per heavy atom. The van der Waals surface area contributed by atoms with E-state index < -0.39 is 0 Å². The van der Waals surface area contributed by atoms with Crippen LogP contribution in [0.5, 0.6) is 0 Å². The monoisotopic (exact) mass is 376 g/mol. The van der Waals surface area contributed by atoms with Crippen molar-refractivity contribution in [3.63, 3.8) is 0 Å². The first-order valence-electron chi connectivity index (χ1n) is 9.51. The number of amides is 1. The summed E-state index contributed by atoms with van der Waals surface area (Å²) in [6, 6.07) is 17.8. The molecule has 1 aromatic heterocycles. The third kappa shape index (κ3) is 4.13. The maximum atomic E-state index is 12.7. The lowest BCUT2D eigenvalue weighted by molar-refractivity contribution is 0.0342. The molecule has 4 rings (SSSR count).